The lowest BCUT2D eigenvalue weighted by Crippen LogP contribution is -2.49. The molecule has 0 aromatic heterocycles. The topological polar surface area (TPSA) is 103 Å². The molecule has 7 nitrogen and oxygen atoms in total. The average Bonchev–Trinajstić information content (AvgIpc) is 3.37. The third-order valence-electron chi connectivity index (χ3n) is 7.70. The smallest absolute Gasteiger partial charge is 0.242 e. The molecule has 1 spiro atoms. The summed E-state index contributed by atoms with van der Waals surface area (Å²) in [7, 11) is 1.48. The van der Waals surface area contributed by atoms with Crippen LogP contribution in [0.2, 0.25) is 10.0 Å². The van der Waals surface area contributed by atoms with Crippen LogP contribution in [0.5, 0.6) is 5.75 Å². The molecule has 0 bridgehead atoms. The number of carbonyl (C=O) groups excluding carboxylic acids is 2. The van der Waals surface area contributed by atoms with Crippen LogP contribution in [-0.2, 0) is 15.0 Å². The van der Waals surface area contributed by atoms with Crippen molar-refractivity contribution in [1.29, 1.82) is 5.26 Å². The molecule has 40 heavy (non-hydrogen) atoms. The molecule has 0 radical (unpaired) electrons. The van der Waals surface area contributed by atoms with Crippen LogP contribution in [-0.4, -0.2) is 31.0 Å². The molecule has 1 fully saturated rings. The van der Waals surface area contributed by atoms with Gasteiger partial charge in [-0.3, -0.25) is 9.59 Å². The van der Waals surface area contributed by atoms with Gasteiger partial charge in [-0.2, -0.15) is 5.26 Å². The van der Waals surface area contributed by atoms with Crippen LogP contribution in [0.15, 0.2) is 60.7 Å². The van der Waals surface area contributed by atoms with Crippen molar-refractivity contribution in [2.75, 3.05) is 17.7 Å². The number of fused-ring (bicyclic) bond motifs is 2. The van der Waals surface area contributed by atoms with Crippen molar-refractivity contribution in [3.05, 3.63) is 87.4 Å². The average molecular weight is 578 g/mol. The van der Waals surface area contributed by atoms with Gasteiger partial charge in [0.2, 0.25) is 11.8 Å². The number of benzene rings is 3. The predicted octanol–water partition coefficient (Wildman–Crippen LogP) is 6.26. The van der Waals surface area contributed by atoms with Gasteiger partial charge in [0, 0.05) is 33.8 Å². The fourth-order valence-corrected chi connectivity index (χ4v) is 6.57. The molecule has 3 N–H and O–H groups in total. The van der Waals surface area contributed by atoms with Gasteiger partial charge in [0.05, 0.1) is 30.5 Å². The van der Waals surface area contributed by atoms with Crippen molar-refractivity contribution in [3.63, 3.8) is 0 Å². The summed E-state index contributed by atoms with van der Waals surface area (Å²) in [6.07, 6.45) is 0.615. The molecule has 0 aliphatic carbocycles. The Hall–Kier alpha value is -3.57. The monoisotopic (exact) mass is 576 g/mol. The lowest BCUT2D eigenvalue weighted by molar-refractivity contribution is -0.122. The zero-order valence-corrected chi connectivity index (χ0v) is 24.2. The van der Waals surface area contributed by atoms with Crippen molar-refractivity contribution >= 4 is 46.4 Å². The van der Waals surface area contributed by atoms with Crippen molar-refractivity contribution < 1.29 is 14.3 Å². The molecule has 1 unspecified atom stereocenters. The summed E-state index contributed by atoms with van der Waals surface area (Å²) in [5.74, 6) is -0.767. The van der Waals surface area contributed by atoms with Crippen LogP contribution in [0.25, 0.3) is 0 Å². The van der Waals surface area contributed by atoms with Crippen molar-refractivity contribution in [2.45, 2.75) is 50.6 Å². The van der Waals surface area contributed by atoms with Crippen LogP contribution >= 0.6 is 23.2 Å². The number of hydrogen-bond donors (Lipinski definition) is 3. The highest BCUT2D eigenvalue weighted by Crippen LogP contribution is 2.56. The second-order valence-electron chi connectivity index (χ2n) is 11.5. The Morgan fingerprint density at radius 1 is 1.10 bits per heavy atom. The van der Waals surface area contributed by atoms with E-state index in [1.807, 2.05) is 24.3 Å². The first-order valence-corrected chi connectivity index (χ1v) is 13.8. The molecule has 2 amide bonds. The zero-order chi connectivity index (χ0) is 28.8. The van der Waals surface area contributed by atoms with Crippen LogP contribution < -0.4 is 20.7 Å². The molecule has 3 aromatic rings. The first-order chi connectivity index (χ1) is 19.0. The number of anilines is 2. The van der Waals surface area contributed by atoms with Gasteiger partial charge < -0.3 is 20.7 Å². The van der Waals surface area contributed by atoms with Gasteiger partial charge in [-0.25, -0.2) is 0 Å². The fraction of sp³-hybridized carbons (Fsp3) is 0.323. The largest absolute Gasteiger partial charge is 0.495 e. The van der Waals surface area contributed by atoms with Crippen LogP contribution in [0.3, 0.4) is 0 Å². The lowest BCUT2D eigenvalue weighted by Gasteiger charge is -2.37. The van der Waals surface area contributed by atoms with E-state index >= 15 is 0 Å². The minimum atomic E-state index is -1.12. The van der Waals surface area contributed by atoms with Gasteiger partial charge in [-0.1, -0.05) is 62.2 Å². The summed E-state index contributed by atoms with van der Waals surface area (Å²) in [6, 6.07) is 18.4. The quantitative estimate of drug-likeness (QED) is 0.332. The third-order valence-corrected chi connectivity index (χ3v) is 8.17. The molecule has 3 aromatic carbocycles. The van der Waals surface area contributed by atoms with Crippen molar-refractivity contribution in [2.24, 2.45) is 5.41 Å². The molecule has 0 saturated carbocycles. The van der Waals surface area contributed by atoms with E-state index in [1.165, 1.54) is 7.11 Å². The number of rotatable bonds is 5. The van der Waals surface area contributed by atoms with Gasteiger partial charge in [-0.15, -0.1) is 0 Å². The normalized spacial score (nSPS) is 23.4. The van der Waals surface area contributed by atoms with E-state index in [-0.39, 0.29) is 17.2 Å². The Morgan fingerprint density at radius 2 is 1.85 bits per heavy atom. The first-order valence-electron chi connectivity index (χ1n) is 13.0. The summed E-state index contributed by atoms with van der Waals surface area (Å²) < 4.78 is 5.45. The van der Waals surface area contributed by atoms with Crippen LogP contribution in [0, 0.1) is 16.7 Å². The molecule has 2 aliphatic heterocycles. The molecular formula is C31H30Cl2N4O3. The highest BCUT2D eigenvalue weighted by Gasteiger charge is 2.65. The number of hydrogen-bond acceptors (Lipinski definition) is 5. The summed E-state index contributed by atoms with van der Waals surface area (Å²) in [6.45, 7) is 6.34. The van der Waals surface area contributed by atoms with E-state index < -0.39 is 23.4 Å². The SMILES string of the molecule is COc1cc(C#N)ccc1NC(=O)[C@@H]1N[C@@H](CC(C)(C)C)C2(C(=O)Nc3cc(Cl)ccc32)[C@H]1c1cccc(Cl)c1. The summed E-state index contributed by atoms with van der Waals surface area (Å²) in [5.41, 5.74) is 1.75. The Morgan fingerprint density at radius 3 is 2.52 bits per heavy atom. The van der Waals surface area contributed by atoms with E-state index in [0.717, 1.165) is 11.1 Å². The highest BCUT2D eigenvalue weighted by atomic mass is 35.5. The first kappa shape index (κ1) is 28.0. The minimum absolute atomic E-state index is 0.166. The van der Waals surface area contributed by atoms with Crippen LogP contribution in [0.4, 0.5) is 11.4 Å². The molecule has 2 heterocycles. The molecule has 1 saturated heterocycles. The standard InChI is InChI=1S/C31H30Cl2N4O3/c1-30(2,3)15-25-31(21-10-9-20(33)14-23(21)36-29(31)39)26(18-6-5-7-19(32)13-18)27(37-25)28(38)35-22-11-8-17(16-34)12-24(22)40-4/h5-14,25-27,37H,15H2,1-4H3,(H,35,38)(H,36,39)/t25-,26-,27+,31?/m0/s1. The number of nitriles is 1. The maximum absolute atomic E-state index is 14.2. The van der Waals surface area contributed by atoms with Gasteiger partial charge in [-0.05, 0) is 59.4 Å². The summed E-state index contributed by atoms with van der Waals surface area (Å²) in [5, 5.41) is 19.9. The molecule has 5 rings (SSSR count). The van der Waals surface area contributed by atoms with Crippen LogP contribution in [0.1, 0.15) is 49.8 Å². The Balaban J connectivity index is 1.68. The molecule has 2 aliphatic rings. The molecule has 206 valence electrons. The van der Waals surface area contributed by atoms with Gasteiger partial charge in [0.15, 0.2) is 0 Å². The predicted molar refractivity (Wildman–Crippen MR) is 157 cm³/mol. The molecular weight excluding hydrogens is 547 g/mol. The van der Waals surface area contributed by atoms with Gasteiger partial charge >= 0.3 is 0 Å². The van der Waals surface area contributed by atoms with Crippen molar-refractivity contribution in [1.82, 2.24) is 5.32 Å². The summed E-state index contributed by atoms with van der Waals surface area (Å²) >= 11 is 12.8. The van der Waals surface area contributed by atoms with Crippen molar-refractivity contribution in [3.8, 4) is 11.8 Å². The third kappa shape index (κ3) is 4.81. The number of amides is 2. The number of methoxy groups -OCH3 is 1. The summed E-state index contributed by atoms with van der Waals surface area (Å²) in [4.78, 5) is 28.4. The highest BCUT2D eigenvalue weighted by molar-refractivity contribution is 6.31. The number of nitrogens with one attached hydrogen (secondary N) is 3. The van der Waals surface area contributed by atoms with E-state index in [9.17, 15) is 14.9 Å². The van der Waals surface area contributed by atoms with E-state index in [4.69, 9.17) is 27.9 Å². The van der Waals surface area contributed by atoms with E-state index in [0.29, 0.717) is 39.2 Å². The number of ether oxygens (including phenoxy) is 1. The minimum Gasteiger partial charge on any atom is -0.495 e. The molecule has 9 heteroatoms. The van der Waals surface area contributed by atoms with E-state index in [2.05, 4.69) is 42.8 Å². The molecule has 4 atom stereocenters. The van der Waals surface area contributed by atoms with E-state index in [1.54, 1.807) is 36.4 Å². The maximum Gasteiger partial charge on any atom is 0.242 e. The maximum atomic E-state index is 14.2. The number of carbonyl (C=O) groups is 2. The number of halogens is 2. The second-order valence-corrected chi connectivity index (χ2v) is 12.4. The second kappa shape index (κ2) is 10.4. The number of nitrogens with zero attached hydrogens (tertiary/aromatic N) is 1. The zero-order valence-electron chi connectivity index (χ0n) is 22.6. The van der Waals surface area contributed by atoms with Gasteiger partial charge in [0.1, 0.15) is 11.2 Å². The Labute approximate surface area is 243 Å². The lowest BCUT2D eigenvalue weighted by atomic mass is 9.62. The fourth-order valence-electron chi connectivity index (χ4n) is 6.20. The Kier molecular flexibility index (Phi) is 7.30. The Bertz CT molecular complexity index is 1540. The van der Waals surface area contributed by atoms with Gasteiger partial charge in [0.25, 0.3) is 0 Å².